The summed E-state index contributed by atoms with van der Waals surface area (Å²) in [5.74, 6) is 0.708. The van der Waals surface area contributed by atoms with Gasteiger partial charge in [0.25, 0.3) is 0 Å². The highest BCUT2D eigenvalue weighted by atomic mass is 16.3. The molecule has 5 rings (SSSR count). The molecule has 6 nitrogen and oxygen atoms in total. The number of fused-ring (bicyclic) bond motifs is 2. The van der Waals surface area contributed by atoms with Gasteiger partial charge in [0.2, 0.25) is 0 Å². The summed E-state index contributed by atoms with van der Waals surface area (Å²) in [6.45, 7) is 2.11. The third kappa shape index (κ3) is 2.92. The highest BCUT2D eigenvalue weighted by Gasteiger charge is 2.17. The summed E-state index contributed by atoms with van der Waals surface area (Å²) >= 11 is 0. The van der Waals surface area contributed by atoms with Crippen molar-refractivity contribution in [3.63, 3.8) is 0 Å². The van der Waals surface area contributed by atoms with Crippen LogP contribution in [-0.4, -0.2) is 37.9 Å². The zero-order chi connectivity index (χ0) is 18.4. The van der Waals surface area contributed by atoms with Gasteiger partial charge in [-0.2, -0.15) is 5.10 Å². The number of rotatable bonds is 2. The lowest BCUT2D eigenvalue weighted by atomic mass is 9.94. The van der Waals surface area contributed by atoms with Crippen molar-refractivity contribution in [2.24, 2.45) is 7.05 Å². The number of hydrogen-bond donors (Lipinski definition) is 2. The van der Waals surface area contributed by atoms with E-state index in [1.54, 1.807) is 10.7 Å². The molecule has 0 unspecified atom stereocenters. The van der Waals surface area contributed by atoms with Crippen molar-refractivity contribution < 1.29 is 5.11 Å². The molecule has 0 atom stereocenters. The number of aryl methyl sites for hydroxylation is 1. The van der Waals surface area contributed by atoms with Gasteiger partial charge >= 0.3 is 0 Å². The number of aromatic nitrogens is 4. The molecule has 6 heteroatoms. The summed E-state index contributed by atoms with van der Waals surface area (Å²) in [6, 6.07) is 11.7. The van der Waals surface area contributed by atoms with E-state index < -0.39 is 0 Å². The fourth-order valence-electron chi connectivity index (χ4n) is 3.91. The number of nitrogens with one attached hydrogen (secondary N) is 1. The first-order valence-corrected chi connectivity index (χ1v) is 9.32. The maximum atomic E-state index is 10.4. The van der Waals surface area contributed by atoms with Crippen LogP contribution in [0.4, 0.5) is 0 Å². The van der Waals surface area contributed by atoms with E-state index in [9.17, 15) is 5.11 Å². The van der Waals surface area contributed by atoms with Gasteiger partial charge in [0.05, 0.1) is 22.2 Å². The van der Waals surface area contributed by atoms with Crippen molar-refractivity contribution in [3.05, 3.63) is 48.3 Å². The van der Waals surface area contributed by atoms with Crippen molar-refractivity contribution in [2.75, 3.05) is 13.1 Å². The van der Waals surface area contributed by atoms with Gasteiger partial charge in [0.1, 0.15) is 5.75 Å². The third-order valence-corrected chi connectivity index (χ3v) is 5.33. The molecule has 0 bridgehead atoms. The lowest BCUT2D eigenvalue weighted by Gasteiger charge is -2.22. The lowest BCUT2D eigenvalue weighted by molar-refractivity contribution is 0.454. The monoisotopic (exact) mass is 359 g/mol. The quantitative estimate of drug-likeness (QED) is 0.574. The highest BCUT2D eigenvalue weighted by Crippen LogP contribution is 2.33. The van der Waals surface area contributed by atoms with Crippen molar-refractivity contribution >= 4 is 21.9 Å². The van der Waals surface area contributed by atoms with Gasteiger partial charge in [-0.05, 0) is 56.3 Å². The van der Waals surface area contributed by atoms with E-state index >= 15 is 0 Å². The molecule has 1 aliphatic rings. The summed E-state index contributed by atoms with van der Waals surface area (Å²) in [5, 5.41) is 19.2. The molecule has 4 heterocycles. The molecular weight excluding hydrogens is 338 g/mol. The van der Waals surface area contributed by atoms with E-state index in [1.165, 1.54) is 0 Å². The molecule has 0 saturated carbocycles. The van der Waals surface area contributed by atoms with Crippen LogP contribution in [0.5, 0.6) is 5.75 Å². The first-order valence-electron chi connectivity index (χ1n) is 9.32. The van der Waals surface area contributed by atoms with E-state index in [2.05, 4.69) is 16.5 Å². The van der Waals surface area contributed by atoms with E-state index in [-0.39, 0.29) is 5.75 Å². The molecule has 1 fully saturated rings. The molecule has 3 aromatic heterocycles. The molecule has 27 heavy (non-hydrogen) atoms. The molecule has 4 aromatic rings. The van der Waals surface area contributed by atoms with Crippen molar-refractivity contribution in [1.29, 1.82) is 0 Å². The number of benzene rings is 1. The zero-order valence-electron chi connectivity index (χ0n) is 15.2. The topological polar surface area (TPSA) is 75.9 Å². The van der Waals surface area contributed by atoms with Gasteiger partial charge in [0, 0.05) is 41.9 Å². The van der Waals surface area contributed by atoms with Gasteiger partial charge in [-0.15, -0.1) is 0 Å². The Labute approximate surface area is 156 Å². The molecule has 1 aromatic carbocycles. The second kappa shape index (κ2) is 6.32. The number of phenolic OH excluding ortho intramolecular Hbond substituents is 1. The Balaban J connectivity index is 1.55. The van der Waals surface area contributed by atoms with Crippen LogP contribution in [0.3, 0.4) is 0 Å². The second-order valence-corrected chi connectivity index (χ2v) is 7.23. The van der Waals surface area contributed by atoms with Crippen LogP contribution in [0, 0.1) is 0 Å². The summed E-state index contributed by atoms with van der Waals surface area (Å²) in [4.78, 5) is 9.59. The smallest absolute Gasteiger partial charge is 0.127 e. The van der Waals surface area contributed by atoms with E-state index in [0.717, 1.165) is 59.3 Å². The Hall–Kier alpha value is -2.99. The molecule has 136 valence electrons. The van der Waals surface area contributed by atoms with Crippen LogP contribution < -0.4 is 5.32 Å². The average Bonchev–Trinajstić information content (AvgIpc) is 3.06. The minimum absolute atomic E-state index is 0.187. The Kier molecular flexibility index (Phi) is 3.79. The molecule has 1 aliphatic heterocycles. The molecular formula is C21H21N5O. The fourth-order valence-corrected chi connectivity index (χ4v) is 3.91. The lowest BCUT2D eigenvalue weighted by Crippen LogP contribution is -2.27. The molecule has 0 aliphatic carbocycles. The number of nitrogens with zero attached hydrogens (tertiary/aromatic N) is 4. The normalized spacial score (nSPS) is 15.6. The van der Waals surface area contributed by atoms with E-state index in [0.29, 0.717) is 11.5 Å². The SMILES string of the molecule is Cn1cc2cc(-c3ccc4nc(C5CCNCC5)ccc4n3)c(O)cc2n1. The van der Waals surface area contributed by atoms with Gasteiger partial charge < -0.3 is 10.4 Å². The number of piperidine rings is 1. The van der Waals surface area contributed by atoms with Crippen LogP contribution in [0.15, 0.2) is 42.6 Å². The maximum Gasteiger partial charge on any atom is 0.127 e. The van der Waals surface area contributed by atoms with Gasteiger partial charge in [-0.1, -0.05) is 0 Å². The minimum Gasteiger partial charge on any atom is -0.507 e. The Bertz CT molecular complexity index is 1140. The van der Waals surface area contributed by atoms with Gasteiger partial charge in [-0.3, -0.25) is 9.67 Å². The summed E-state index contributed by atoms with van der Waals surface area (Å²) < 4.78 is 1.74. The van der Waals surface area contributed by atoms with Crippen molar-refractivity contribution in [2.45, 2.75) is 18.8 Å². The van der Waals surface area contributed by atoms with Crippen LogP contribution in [-0.2, 0) is 7.05 Å². The van der Waals surface area contributed by atoms with E-state index in [1.807, 2.05) is 37.5 Å². The highest BCUT2D eigenvalue weighted by molar-refractivity contribution is 5.88. The zero-order valence-corrected chi connectivity index (χ0v) is 15.2. The summed E-state index contributed by atoms with van der Waals surface area (Å²) in [5.41, 5.74) is 5.11. The minimum atomic E-state index is 0.187. The summed E-state index contributed by atoms with van der Waals surface area (Å²) in [7, 11) is 1.87. The Morgan fingerprint density at radius 3 is 2.63 bits per heavy atom. The first kappa shape index (κ1) is 16.2. The van der Waals surface area contributed by atoms with E-state index in [4.69, 9.17) is 9.97 Å². The Morgan fingerprint density at radius 2 is 1.78 bits per heavy atom. The largest absolute Gasteiger partial charge is 0.507 e. The fraction of sp³-hybridized carbons (Fsp3) is 0.286. The standard InChI is InChI=1S/C21H21N5O/c1-26-12-14-10-15(21(27)11-20(14)25-26)17-3-5-18-19(24-17)4-2-16(23-18)13-6-8-22-9-7-13/h2-5,10-13,22,27H,6-9H2,1H3. The van der Waals surface area contributed by atoms with Gasteiger partial charge in [-0.25, -0.2) is 4.98 Å². The van der Waals surface area contributed by atoms with Crippen molar-refractivity contribution in [3.8, 4) is 17.0 Å². The molecule has 0 radical (unpaired) electrons. The van der Waals surface area contributed by atoms with Crippen LogP contribution in [0.25, 0.3) is 33.2 Å². The molecule has 1 saturated heterocycles. The molecule has 0 spiro atoms. The third-order valence-electron chi connectivity index (χ3n) is 5.33. The van der Waals surface area contributed by atoms with Crippen LogP contribution in [0.1, 0.15) is 24.5 Å². The molecule has 2 N–H and O–H groups in total. The molecule has 0 amide bonds. The van der Waals surface area contributed by atoms with Crippen LogP contribution >= 0.6 is 0 Å². The first-order chi connectivity index (χ1) is 13.2. The average molecular weight is 359 g/mol. The number of phenols is 1. The number of hydrogen-bond acceptors (Lipinski definition) is 5. The number of aromatic hydroxyl groups is 1. The second-order valence-electron chi connectivity index (χ2n) is 7.23. The summed E-state index contributed by atoms with van der Waals surface area (Å²) in [6.07, 6.45) is 4.19. The van der Waals surface area contributed by atoms with Gasteiger partial charge in [0.15, 0.2) is 0 Å². The Morgan fingerprint density at radius 1 is 1.00 bits per heavy atom. The number of pyridine rings is 2. The van der Waals surface area contributed by atoms with Crippen molar-refractivity contribution in [1.82, 2.24) is 25.1 Å². The maximum absolute atomic E-state index is 10.4. The predicted octanol–water partition coefficient (Wildman–Crippen LogP) is 3.36. The predicted molar refractivity (Wildman–Crippen MR) is 106 cm³/mol. The van der Waals surface area contributed by atoms with Crippen LogP contribution in [0.2, 0.25) is 0 Å².